The highest BCUT2D eigenvalue weighted by Gasteiger charge is 2.15. The van der Waals surface area contributed by atoms with Gasteiger partial charge in [-0.1, -0.05) is 12.1 Å². The van der Waals surface area contributed by atoms with E-state index in [1.165, 1.54) is 6.26 Å². The molecule has 0 aliphatic carbocycles. The lowest BCUT2D eigenvalue weighted by Crippen LogP contribution is -1.99. The Hall–Kier alpha value is -2.93. The molecule has 2 aromatic heterocycles. The molecule has 132 valence electrons. The number of rotatable bonds is 3. The van der Waals surface area contributed by atoms with Crippen molar-refractivity contribution in [2.24, 2.45) is 0 Å². The van der Waals surface area contributed by atoms with E-state index >= 15 is 0 Å². The molecule has 0 N–H and O–H groups in total. The lowest BCUT2D eigenvalue weighted by molar-refractivity contribution is 0.533. The predicted octanol–water partition coefficient (Wildman–Crippen LogP) is 4.17. The van der Waals surface area contributed by atoms with Crippen molar-refractivity contribution >= 4 is 20.8 Å². The molecule has 0 fully saturated rings. The molecule has 26 heavy (non-hydrogen) atoms. The molecule has 0 aliphatic rings. The van der Waals surface area contributed by atoms with E-state index in [0.29, 0.717) is 22.2 Å². The van der Waals surface area contributed by atoms with E-state index in [1.807, 2.05) is 24.3 Å². The number of sulfone groups is 1. The van der Waals surface area contributed by atoms with Crippen molar-refractivity contribution in [1.82, 2.24) is 10.2 Å². The van der Waals surface area contributed by atoms with Gasteiger partial charge in [-0.3, -0.25) is 0 Å². The molecule has 0 bridgehead atoms. The van der Waals surface area contributed by atoms with Crippen molar-refractivity contribution in [3.05, 3.63) is 54.1 Å². The Kier molecular flexibility index (Phi) is 3.69. The number of nitrogens with zero attached hydrogens (tertiary/aromatic N) is 2. The van der Waals surface area contributed by atoms with Gasteiger partial charge >= 0.3 is 0 Å². The highest BCUT2D eigenvalue weighted by Crippen LogP contribution is 2.34. The van der Waals surface area contributed by atoms with Crippen LogP contribution in [-0.4, -0.2) is 24.9 Å². The first-order valence-electron chi connectivity index (χ1n) is 7.96. The van der Waals surface area contributed by atoms with E-state index in [9.17, 15) is 8.42 Å². The second kappa shape index (κ2) is 5.81. The predicted molar refractivity (Wildman–Crippen MR) is 97.5 cm³/mol. The fraction of sp³-hybridized carbons (Fsp3) is 0.158. The number of fused-ring (bicyclic) bond motifs is 1. The maximum atomic E-state index is 11.8. The molecule has 2 heterocycles. The van der Waals surface area contributed by atoms with Gasteiger partial charge < -0.3 is 8.83 Å². The van der Waals surface area contributed by atoms with Gasteiger partial charge in [-0.2, -0.15) is 0 Å². The van der Waals surface area contributed by atoms with Crippen molar-refractivity contribution in [3.63, 3.8) is 0 Å². The summed E-state index contributed by atoms with van der Waals surface area (Å²) in [5.74, 6) is 0.944. The fourth-order valence-corrected chi connectivity index (χ4v) is 3.99. The van der Waals surface area contributed by atoms with Crippen LogP contribution < -0.4 is 0 Å². The maximum absolute atomic E-state index is 11.8. The first-order chi connectivity index (χ1) is 12.3. The summed E-state index contributed by atoms with van der Waals surface area (Å²) in [5, 5.41) is 8.80. The zero-order valence-corrected chi connectivity index (χ0v) is 15.3. The lowest BCUT2D eigenvalue weighted by atomic mass is 10.0. The molecule has 7 heteroatoms. The van der Waals surface area contributed by atoms with Crippen molar-refractivity contribution in [2.75, 3.05) is 6.26 Å². The van der Waals surface area contributed by atoms with E-state index in [4.69, 9.17) is 8.83 Å². The molecular formula is C19H16N2O4S. The standard InChI is InChI=1S/C19H16N2O4S/c1-11-8-13(5-7-18(11)26(3,22)23)16-10-24-17-6-4-14(9-15(16)17)19-21-20-12(2)25-19/h4-10H,1-3H3. The normalized spacial score (nSPS) is 12.0. The highest BCUT2D eigenvalue weighted by molar-refractivity contribution is 7.90. The molecule has 0 spiro atoms. The third-order valence-corrected chi connectivity index (χ3v) is 5.49. The first kappa shape index (κ1) is 16.5. The monoisotopic (exact) mass is 368 g/mol. The summed E-state index contributed by atoms with van der Waals surface area (Å²) in [4.78, 5) is 0.330. The molecule has 0 saturated heterocycles. The Balaban J connectivity index is 1.86. The number of furan rings is 1. The van der Waals surface area contributed by atoms with Crippen molar-refractivity contribution in [2.45, 2.75) is 18.7 Å². The quantitative estimate of drug-likeness (QED) is 0.539. The van der Waals surface area contributed by atoms with Crippen LogP contribution in [0.5, 0.6) is 0 Å². The molecular weight excluding hydrogens is 352 g/mol. The zero-order valence-electron chi connectivity index (χ0n) is 14.5. The van der Waals surface area contributed by atoms with Gasteiger partial charge in [0.15, 0.2) is 9.84 Å². The number of hydrogen-bond donors (Lipinski definition) is 0. The molecule has 4 aromatic rings. The lowest BCUT2D eigenvalue weighted by Gasteiger charge is -2.06. The van der Waals surface area contributed by atoms with Gasteiger partial charge in [0.2, 0.25) is 11.8 Å². The molecule has 0 atom stereocenters. The minimum atomic E-state index is -3.25. The van der Waals surface area contributed by atoms with Gasteiger partial charge in [-0.15, -0.1) is 10.2 Å². The van der Waals surface area contributed by atoms with Crippen LogP contribution in [0.25, 0.3) is 33.6 Å². The van der Waals surface area contributed by atoms with Crippen LogP contribution in [0.4, 0.5) is 0 Å². The number of aromatic nitrogens is 2. The topological polar surface area (TPSA) is 86.2 Å². The summed E-state index contributed by atoms with van der Waals surface area (Å²) in [6, 6.07) is 10.9. The third-order valence-electron chi connectivity index (χ3n) is 4.23. The average Bonchev–Trinajstić information content (AvgIpc) is 3.19. The van der Waals surface area contributed by atoms with Crippen molar-refractivity contribution < 1.29 is 17.3 Å². The molecule has 0 radical (unpaired) electrons. The molecule has 2 aromatic carbocycles. The summed E-state index contributed by atoms with van der Waals surface area (Å²) < 4.78 is 34.8. The second-order valence-corrected chi connectivity index (χ2v) is 8.22. The molecule has 0 aliphatic heterocycles. The Labute approximate surface area is 150 Å². The number of hydrogen-bond acceptors (Lipinski definition) is 6. The van der Waals surface area contributed by atoms with Crippen molar-refractivity contribution in [1.29, 1.82) is 0 Å². The largest absolute Gasteiger partial charge is 0.464 e. The highest BCUT2D eigenvalue weighted by atomic mass is 32.2. The SMILES string of the molecule is Cc1nnc(-c2ccc3occ(-c4ccc(S(C)(=O)=O)c(C)c4)c3c2)o1. The summed E-state index contributed by atoms with van der Waals surface area (Å²) in [5.41, 5.74) is 3.98. The summed E-state index contributed by atoms with van der Waals surface area (Å²) in [6.45, 7) is 3.53. The van der Waals surface area contributed by atoms with E-state index in [1.54, 1.807) is 32.2 Å². The van der Waals surface area contributed by atoms with Crippen LogP contribution in [0.15, 0.2) is 56.4 Å². The second-order valence-electron chi connectivity index (χ2n) is 6.24. The van der Waals surface area contributed by atoms with E-state index in [-0.39, 0.29) is 0 Å². The van der Waals surface area contributed by atoms with E-state index in [2.05, 4.69) is 10.2 Å². The van der Waals surface area contributed by atoms with Crippen LogP contribution >= 0.6 is 0 Å². The fourth-order valence-electron chi connectivity index (χ4n) is 3.03. The van der Waals surface area contributed by atoms with Crippen LogP contribution in [0.1, 0.15) is 11.5 Å². The minimum Gasteiger partial charge on any atom is -0.464 e. The molecule has 0 unspecified atom stereocenters. The van der Waals surface area contributed by atoms with Gasteiger partial charge in [0.25, 0.3) is 0 Å². The van der Waals surface area contributed by atoms with Gasteiger partial charge in [0.1, 0.15) is 5.58 Å². The molecule has 0 saturated carbocycles. The van der Waals surface area contributed by atoms with Gasteiger partial charge in [0, 0.05) is 29.7 Å². The summed E-state index contributed by atoms with van der Waals surface area (Å²) in [6.07, 6.45) is 2.88. The van der Waals surface area contributed by atoms with Crippen LogP contribution in [-0.2, 0) is 9.84 Å². The Bertz CT molecular complexity index is 1240. The van der Waals surface area contributed by atoms with Gasteiger partial charge in [-0.25, -0.2) is 8.42 Å². The zero-order chi connectivity index (χ0) is 18.5. The summed E-state index contributed by atoms with van der Waals surface area (Å²) in [7, 11) is -3.25. The van der Waals surface area contributed by atoms with Gasteiger partial charge in [0.05, 0.1) is 11.2 Å². The maximum Gasteiger partial charge on any atom is 0.247 e. The van der Waals surface area contributed by atoms with Crippen LogP contribution in [0.3, 0.4) is 0 Å². The third kappa shape index (κ3) is 2.80. The Morgan fingerprint density at radius 3 is 2.38 bits per heavy atom. The van der Waals surface area contributed by atoms with Crippen LogP contribution in [0, 0.1) is 13.8 Å². The smallest absolute Gasteiger partial charge is 0.247 e. The molecule has 0 amide bonds. The van der Waals surface area contributed by atoms with E-state index < -0.39 is 9.84 Å². The number of benzene rings is 2. The summed E-state index contributed by atoms with van der Waals surface area (Å²) >= 11 is 0. The van der Waals surface area contributed by atoms with Gasteiger partial charge in [-0.05, 0) is 42.3 Å². The first-order valence-corrected chi connectivity index (χ1v) is 9.85. The minimum absolute atomic E-state index is 0.330. The Morgan fingerprint density at radius 1 is 0.962 bits per heavy atom. The number of aryl methyl sites for hydroxylation is 2. The molecule has 4 rings (SSSR count). The van der Waals surface area contributed by atoms with Crippen LogP contribution in [0.2, 0.25) is 0 Å². The Morgan fingerprint density at radius 2 is 1.73 bits per heavy atom. The average molecular weight is 368 g/mol. The van der Waals surface area contributed by atoms with Crippen molar-refractivity contribution in [3.8, 4) is 22.6 Å². The van der Waals surface area contributed by atoms with E-state index in [0.717, 1.165) is 27.7 Å². The molecule has 6 nitrogen and oxygen atoms in total.